The van der Waals surface area contributed by atoms with Crippen LogP contribution in [0, 0.1) is 5.92 Å². The summed E-state index contributed by atoms with van der Waals surface area (Å²) in [5.74, 6) is -0.922. The molecule has 0 aromatic carbocycles. The maximum Gasteiger partial charge on any atom is 0.328 e. The second-order valence-electron chi connectivity index (χ2n) is 4.64. The molecule has 6 nitrogen and oxygen atoms in total. The van der Waals surface area contributed by atoms with Crippen molar-refractivity contribution in [3.8, 4) is 0 Å². The van der Waals surface area contributed by atoms with E-state index in [-0.39, 0.29) is 17.7 Å². The van der Waals surface area contributed by atoms with E-state index in [1.165, 1.54) is 21.0 Å². The van der Waals surface area contributed by atoms with Crippen LogP contribution >= 0.6 is 0 Å². The number of carbonyl (C=O) groups excluding carboxylic acids is 3. The van der Waals surface area contributed by atoms with Crippen molar-refractivity contribution in [2.45, 2.75) is 46.2 Å². The molecule has 2 amide bonds. The normalized spacial score (nSPS) is 13.7. The fourth-order valence-electron chi connectivity index (χ4n) is 1.50. The number of ether oxygens (including phenoxy) is 1. The van der Waals surface area contributed by atoms with E-state index in [4.69, 9.17) is 0 Å². The molecule has 0 unspecified atom stereocenters. The smallest absolute Gasteiger partial charge is 0.328 e. The zero-order valence-corrected chi connectivity index (χ0v) is 11.6. The maximum atomic E-state index is 11.9. The molecule has 2 N–H and O–H groups in total. The Morgan fingerprint density at radius 3 is 2.06 bits per heavy atom. The van der Waals surface area contributed by atoms with Gasteiger partial charge in [-0.25, -0.2) is 4.79 Å². The molecule has 0 saturated heterocycles. The maximum absolute atomic E-state index is 11.9. The lowest BCUT2D eigenvalue weighted by Crippen LogP contribution is -2.51. The highest BCUT2D eigenvalue weighted by atomic mass is 16.5. The summed E-state index contributed by atoms with van der Waals surface area (Å²) >= 11 is 0. The molecule has 104 valence electrons. The van der Waals surface area contributed by atoms with Gasteiger partial charge in [0.1, 0.15) is 12.1 Å². The average molecular weight is 258 g/mol. The van der Waals surface area contributed by atoms with Gasteiger partial charge in [-0.15, -0.1) is 0 Å². The van der Waals surface area contributed by atoms with Gasteiger partial charge < -0.3 is 15.4 Å². The van der Waals surface area contributed by atoms with Crippen LogP contribution in [0.2, 0.25) is 0 Å². The van der Waals surface area contributed by atoms with E-state index in [0.29, 0.717) is 6.42 Å². The van der Waals surface area contributed by atoms with Crippen LogP contribution in [0.3, 0.4) is 0 Å². The molecule has 0 rings (SSSR count). The molecule has 2 atom stereocenters. The van der Waals surface area contributed by atoms with Gasteiger partial charge in [-0.1, -0.05) is 13.8 Å². The van der Waals surface area contributed by atoms with Crippen molar-refractivity contribution in [2.75, 3.05) is 7.11 Å². The van der Waals surface area contributed by atoms with E-state index in [0.717, 1.165) is 0 Å². The van der Waals surface area contributed by atoms with Crippen molar-refractivity contribution in [3.05, 3.63) is 0 Å². The highest BCUT2D eigenvalue weighted by Gasteiger charge is 2.24. The van der Waals surface area contributed by atoms with Crippen LogP contribution in [-0.4, -0.2) is 37.0 Å². The molecule has 0 aromatic rings. The monoisotopic (exact) mass is 258 g/mol. The molecule has 0 aliphatic heterocycles. The second-order valence-corrected chi connectivity index (χ2v) is 4.64. The van der Waals surface area contributed by atoms with Gasteiger partial charge in [0.05, 0.1) is 7.11 Å². The molecule has 0 aliphatic rings. The van der Waals surface area contributed by atoms with Gasteiger partial charge in [0.15, 0.2) is 0 Å². The van der Waals surface area contributed by atoms with Crippen molar-refractivity contribution in [3.63, 3.8) is 0 Å². The predicted octanol–water partition coefficient (Wildman–Crippen LogP) is 0.215. The molecular formula is C12H22N2O4. The van der Waals surface area contributed by atoms with Gasteiger partial charge in [-0.3, -0.25) is 9.59 Å². The van der Waals surface area contributed by atoms with E-state index < -0.39 is 18.1 Å². The van der Waals surface area contributed by atoms with Crippen molar-refractivity contribution < 1.29 is 19.1 Å². The van der Waals surface area contributed by atoms with Crippen LogP contribution in [0.25, 0.3) is 0 Å². The van der Waals surface area contributed by atoms with Crippen LogP contribution in [0.5, 0.6) is 0 Å². The molecule has 0 heterocycles. The molecule has 0 spiro atoms. The van der Waals surface area contributed by atoms with Gasteiger partial charge >= 0.3 is 5.97 Å². The first-order valence-corrected chi connectivity index (χ1v) is 5.93. The lowest BCUT2D eigenvalue weighted by Gasteiger charge is -2.21. The van der Waals surface area contributed by atoms with Gasteiger partial charge in [0, 0.05) is 6.92 Å². The summed E-state index contributed by atoms with van der Waals surface area (Å²) in [6, 6.07) is -1.36. The van der Waals surface area contributed by atoms with E-state index in [1.807, 2.05) is 13.8 Å². The van der Waals surface area contributed by atoms with E-state index in [1.54, 1.807) is 0 Å². The minimum Gasteiger partial charge on any atom is -0.467 e. The lowest BCUT2D eigenvalue weighted by molar-refractivity contribution is -0.144. The molecule has 0 radical (unpaired) electrons. The zero-order chi connectivity index (χ0) is 14.3. The standard InChI is InChI=1S/C12H22N2O4/c1-7(2)6-10(14-9(4)15)11(16)13-8(3)12(17)18-5/h7-8,10H,6H2,1-5H3,(H,13,16)(H,14,15)/t8-,10+/m0/s1. The minimum atomic E-state index is -0.731. The Morgan fingerprint density at radius 1 is 1.11 bits per heavy atom. The number of esters is 1. The Morgan fingerprint density at radius 2 is 1.67 bits per heavy atom. The first kappa shape index (κ1) is 16.4. The van der Waals surface area contributed by atoms with Crippen LogP contribution < -0.4 is 10.6 Å². The topological polar surface area (TPSA) is 84.5 Å². The fourth-order valence-corrected chi connectivity index (χ4v) is 1.50. The summed E-state index contributed by atoms with van der Waals surface area (Å²) in [6.45, 7) is 6.78. The van der Waals surface area contributed by atoms with Crippen molar-refractivity contribution in [1.29, 1.82) is 0 Å². The van der Waals surface area contributed by atoms with Gasteiger partial charge in [-0.05, 0) is 19.3 Å². The SMILES string of the molecule is COC(=O)[C@H](C)NC(=O)[C@@H](CC(C)C)NC(C)=O. The second kappa shape index (κ2) is 7.68. The number of rotatable bonds is 6. The summed E-state index contributed by atoms with van der Waals surface area (Å²) in [5, 5.41) is 5.08. The molecule has 6 heteroatoms. The molecular weight excluding hydrogens is 236 g/mol. The van der Waals surface area contributed by atoms with Gasteiger partial charge in [0.2, 0.25) is 11.8 Å². The summed E-state index contributed by atoms with van der Waals surface area (Å²) in [4.78, 5) is 34.1. The van der Waals surface area contributed by atoms with Crippen LogP contribution in [0.4, 0.5) is 0 Å². The molecule has 18 heavy (non-hydrogen) atoms. The zero-order valence-electron chi connectivity index (χ0n) is 11.6. The van der Waals surface area contributed by atoms with Crippen LogP contribution in [0.15, 0.2) is 0 Å². The number of methoxy groups -OCH3 is 1. The van der Waals surface area contributed by atoms with Gasteiger partial charge in [-0.2, -0.15) is 0 Å². The molecule has 0 saturated carbocycles. The third-order valence-electron chi connectivity index (χ3n) is 2.31. The minimum absolute atomic E-state index is 0.251. The number of hydrogen-bond acceptors (Lipinski definition) is 4. The highest BCUT2D eigenvalue weighted by molar-refractivity contribution is 5.90. The van der Waals surface area contributed by atoms with Crippen LogP contribution in [0.1, 0.15) is 34.1 Å². The highest BCUT2D eigenvalue weighted by Crippen LogP contribution is 2.05. The number of hydrogen-bond donors (Lipinski definition) is 2. The molecule has 0 aromatic heterocycles. The molecule has 0 fully saturated rings. The Labute approximate surface area is 107 Å². The van der Waals surface area contributed by atoms with Crippen molar-refractivity contribution in [2.24, 2.45) is 5.92 Å². The Kier molecular flexibility index (Phi) is 7.00. The summed E-state index contributed by atoms with van der Waals surface area (Å²) in [7, 11) is 1.25. The Bertz CT molecular complexity index is 315. The first-order chi connectivity index (χ1) is 8.27. The van der Waals surface area contributed by atoms with E-state index in [2.05, 4.69) is 15.4 Å². The van der Waals surface area contributed by atoms with Crippen LogP contribution in [-0.2, 0) is 19.1 Å². The first-order valence-electron chi connectivity index (χ1n) is 5.93. The molecule has 0 aliphatic carbocycles. The van der Waals surface area contributed by atoms with Gasteiger partial charge in [0.25, 0.3) is 0 Å². The van der Waals surface area contributed by atoms with Crippen molar-refractivity contribution >= 4 is 17.8 Å². The largest absolute Gasteiger partial charge is 0.467 e. The third kappa shape index (κ3) is 6.22. The summed E-state index contributed by atoms with van der Waals surface area (Å²) < 4.78 is 4.51. The third-order valence-corrected chi connectivity index (χ3v) is 2.31. The predicted molar refractivity (Wildman–Crippen MR) is 66.7 cm³/mol. The quantitative estimate of drug-likeness (QED) is 0.667. The van der Waals surface area contributed by atoms with E-state index >= 15 is 0 Å². The summed E-state index contributed by atoms with van der Waals surface area (Å²) in [6.07, 6.45) is 0.513. The number of amides is 2. The summed E-state index contributed by atoms with van der Waals surface area (Å²) in [5.41, 5.74) is 0. The fraction of sp³-hybridized carbons (Fsp3) is 0.750. The molecule has 0 bridgehead atoms. The Balaban J connectivity index is 4.54. The van der Waals surface area contributed by atoms with Crippen molar-refractivity contribution in [1.82, 2.24) is 10.6 Å². The average Bonchev–Trinajstić information content (AvgIpc) is 2.25. The lowest BCUT2D eigenvalue weighted by atomic mass is 10.0. The Hall–Kier alpha value is -1.59. The number of carbonyl (C=O) groups is 3. The van der Waals surface area contributed by atoms with E-state index in [9.17, 15) is 14.4 Å². The number of nitrogens with one attached hydrogen (secondary N) is 2.